The van der Waals surface area contributed by atoms with Crippen molar-refractivity contribution in [2.45, 2.75) is 39.2 Å². The minimum absolute atomic E-state index is 0.0280. The van der Waals surface area contributed by atoms with Gasteiger partial charge in [0.25, 0.3) is 0 Å². The van der Waals surface area contributed by atoms with Crippen LogP contribution in [0, 0.1) is 16.0 Å². The number of piperidine rings is 1. The van der Waals surface area contributed by atoms with Gasteiger partial charge in [0.05, 0.1) is 0 Å². The summed E-state index contributed by atoms with van der Waals surface area (Å²) in [5, 5.41) is 10.4. The van der Waals surface area contributed by atoms with Gasteiger partial charge in [0, 0.05) is 23.8 Å². The standard InChI is InChI=1S/C11H18N2O5/c1-11(2,3)18-10(15)12-5-4-8(6-9(12)14)7-13(16)17/h8H,4-7H2,1-3H3. The second kappa shape index (κ2) is 5.32. The lowest BCUT2D eigenvalue weighted by Crippen LogP contribution is -2.46. The fourth-order valence-electron chi connectivity index (χ4n) is 1.77. The Bertz CT molecular complexity index is 361. The van der Waals surface area contributed by atoms with E-state index in [1.165, 1.54) is 0 Å². The summed E-state index contributed by atoms with van der Waals surface area (Å²) in [6, 6.07) is 0. The molecule has 0 bridgehead atoms. The molecule has 0 saturated carbocycles. The molecule has 0 aromatic carbocycles. The number of carbonyl (C=O) groups is 2. The molecule has 2 amide bonds. The molecular formula is C11H18N2O5. The van der Waals surface area contributed by atoms with Crippen LogP contribution in [0.1, 0.15) is 33.6 Å². The fraction of sp³-hybridized carbons (Fsp3) is 0.818. The van der Waals surface area contributed by atoms with E-state index in [1.54, 1.807) is 20.8 Å². The molecule has 1 unspecified atom stereocenters. The Labute approximate surface area is 105 Å². The van der Waals surface area contributed by atoms with Crippen molar-refractivity contribution in [1.29, 1.82) is 0 Å². The molecule has 1 fully saturated rings. The summed E-state index contributed by atoms with van der Waals surface area (Å²) in [5.41, 5.74) is -0.658. The van der Waals surface area contributed by atoms with E-state index in [4.69, 9.17) is 4.74 Å². The number of amides is 2. The largest absolute Gasteiger partial charge is 0.443 e. The molecule has 1 heterocycles. The molecule has 7 nitrogen and oxygen atoms in total. The van der Waals surface area contributed by atoms with Gasteiger partial charge in [-0.25, -0.2) is 9.69 Å². The lowest BCUT2D eigenvalue weighted by atomic mass is 9.97. The third-order valence-corrected chi connectivity index (χ3v) is 2.55. The minimum Gasteiger partial charge on any atom is -0.443 e. The third kappa shape index (κ3) is 4.31. The van der Waals surface area contributed by atoms with Crippen molar-refractivity contribution in [2.75, 3.05) is 13.1 Å². The topological polar surface area (TPSA) is 89.8 Å². The number of hydrogen-bond donors (Lipinski definition) is 0. The van der Waals surface area contributed by atoms with Crippen LogP contribution < -0.4 is 0 Å². The Morgan fingerprint density at radius 1 is 1.56 bits per heavy atom. The van der Waals surface area contributed by atoms with Crippen molar-refractivity contribution in [3.8, 4) is 0 Å². The molecule has 0 aromatic heterocycles. The van der Waals surface area contributed by atoms with Gasteiger partial charge in [-0.05, 0) is 27.2 Å². The van der Waals surface area contributed by atoms with Crippen LogP contribution in [0.2, 0.25) is 0 Å². The van der Waals surface area contributed by atoms with Crippen molar-refractivity contribution in [1.82, 2.24) is 4.90 Å². The highest BCUT2D eigenvalue weighted by Crippen LogP contribution is 2.20. The Morgan fingerprint density at radius 3 is 2.61 bits per heavy atom. The summed E-state index contributed by atoms with van der Waals surface area (Å²) in [7, 11) is 0. The molecule has 0 aromatic rings. The first-order valence-corrected chi connectivity index (χ1v) is 5.84. The Morgan fingerprint density at radius 2 is 2.17 bits per heavy atom. The number of hydrogen-bond acceptors (Lipinski definition) is 5. The first-order valence-electron chi connectivity index (χ1n) is 5.84. The zero-order valence-electron chi connectivity index (χ0n) is 10.8. The van der Waals surface area contributed by atoms with Crippen LogP contribution in [0.15, 0.2) is 0 Å². The molecule has 1 aliphatic rings. The number of nitrogens with zero attached hydrogens (tertiary/aromatic N) is 2. The smallest absolute Gasteiger partial charge is 0.417 e. The summed E-state index contributed by atoms with van der Waals surface area (Å²) >= 11 is 0. The summed E-state index contributed by atoms with van der Waals surface area (Å²) in [4.78, 5) is 34.4. The maximum atomic E-state index is 11.7. The second-order valence-corrected chi connectivity index (χ2v) is 5.40. The van der Waals surface area contributed by atoms with Gasteiger partial charge in [-0.3, -0.25) is 14.9 Å². The summed E-state index contributed by atoms with van der Waals surface area (Å²) in [6.45, 7) is 5.11. The van der Waals surface area contributed by atoms with Crippen molar-refractivity contribution in [3.63, 3.8) is 0 Å². The van der Waals surface area contributed by atoms with Gasteiger partial charge in [0.15, 0.2) is 0 Å². The van der Waals surface area contributed by atoms with Gasteiger partial charge >= 0.3 is 6.09 Å². The first-order chi connectivity index (χ1) is 8.19. The third-order valence-electron chi connectivity index (χ3n) is 2.55. The van der Waals surface area contributed by atoms with Crippen LogP contribution in [-0.2, 0) is 9.53 Å². The maximum absolute atomic E-state index is 11.7. The van der Waals surface area contributed by atoms with Crippen LogP contribution in [0.5, 0.6) is 0 Å². The van der Waals surface area contributed by atoms with Crippen molar-refractivity contribution >= 4 is 12.0 Å². The summed E-state index contributed by atoms with van der Waals surface area (Å²) in [5.74, 6) is -0.687. The van der Waals surface area contributed by atoms with Gasteiger partial charge in [0.1, 0.15) is 5.60 Å². The molecule has 0 N–H and O–H groups in total. The molecule has 7 heteroatoms. The first kappa shape index (κ1) is 14.4. The van der Waals surface area contributed by atoms with Gasteiger partial charge in [-0.1, -0.05) is 0 Å². The zero-order valence-corrected chi connectivity index (χ0v) is 10.8. The summed E-state index contributed by atoms with van der Waals surface area (Å²) in [6.07, 6.45) is -0.196. The minimum atomic E-state index is -0.674. The number of imide groups is 1. The van der Waals surface area contributed by atoms with E-state index in [2.05, 4.69) is 0 Å². The quantitative estimate of drug-likeness (QED) is 0.552. The van der Waals surface area contributed by atoms with E-state index in [0.717, 1.165) is 4.90 Å². The highest BCUT2D eigenvalue weighted by molar-refractivity contribution is 5.92. The normalized spacial score (nSPS) is 20.7. The number of carbonyl (C=O) groups excluding carboxylic acids is 2. The highest BCUT2D eigenvalue weighted by Gasteiger charge is 2.34. The van der Waals surface area contributed by atoms with Gasteiger partial charge < -0.3 is 4.74 Å². The van der Waals surface area contributed by atoms with E-state index in [0.29, 0.717) is 6.42 Å². The van der Waals surface area contributed by atoms with E-state index >= 15 is 0 Å². The zero-order chi connectivity index (χ0) is 13.9. The SMILES string of the molecule is CC(C)(C)OC(=O)N1CCC(C[N+](=O)[O-])CC1=O. The Kier molecular flexibility index (Phi) is 4.26. The number of ether oxygens (including phenoxy) is 1. The molecule has 0 spiro atoms. The average Bonchev–Trinajstić information content (AvgIpc) is 2.13. The van der Waals surface area contributed by atoms with Crippen molar-refractivity contribution in [3.05, 3.63) is 10.1 Å². The Balaban J connectivity index is 2.55. The molecule has 18 heavy (non-hydrogen) atoms. The van der Waals surface area contributed by atoms with E-state index in [-0.39, 0.29) is 25.4 Å². The average molecular weight is 258 g/mol. The fourth-order valence-corrected chi connectivity index (χ4v) is 1.77. The molecule has 1 aliphatic heterocycles. The lowest BCUT2D eigenvalue weighted by molar-refractivity contribution is -0.488. The number of nitro groups is 1. The Hall–Kier alpha value is -1.66. The molecule has 0 radical (unpaired) electrons. The van der Waals surface area contributed by atoms with Gasteiger partial charge in [0.2, 0.25) is 12.5 Å². The predicted molar refractivity (Wildman–Crippen MR) is 62.5 cm³/mol. The molecule has 102 valence electrons. The monoisotopic (exact) mass is 258 g/mol. The highest BCUT2D eigenvalue weighted by atomic mass is 16.6. The number of rotatable bonds is 2. The van der Waals surface area contributed by atoms with Crippen LogP contribution in [0.25, 0.3) is 0 Å². The molecule has 1 atom stereocenters. The van der Waals surface area contributed by atoms with Crippen LogP contribution in [0.4, 0.5) is 4.79 Å². The summed E-state index contributed by atoms with van der Waals surface area (Å²) < 4.78 is 5.10. The van der Waals surface area contributed by atoms with E-state index in [1.807, 2.05) is 0 Å². The van der Waals surface area contributed by atoms with Crippen molar-refractivity contribution in [2.24, 2.45) is 5.92 Å². The van der Waals surface area contributed by atoms with Crippen LogP contribution in [0.3, 0.4) is 0 Å². The maximum Gasteiger partial charge on any atom is 0.417 e. The molecular weight excluding hydrogens is 240 g/mol. The van der Waals surface area contributed by atoms with Crippen LogP contribution in [-0.4, -0.2) is 40.5 Å². The van der Waals surface area contributed by atoms with E-state index in [9.17, 15) is 19.7 Å². The molecule has 0 aliphatic carbocycles. The molecule has 1 rings (SSSR count). The van der Waals surface area contributed by atoms with Gasteiger partial charge in [-0.15, -0.1) is 0 Å². The number of likely N-dealkylation sites (tertiary alicyclic amines) is 1. The molecule has 1 saturated heterocycles. The van der Waals surface area contributed by atoms with Gasteiger partial charge in [-0.2, -0.15) is 0 Å². The van der Waals surface area contributed by atoms with Crippen LogP contribution >= 0.6 is 0 Å². The van der Waals surface area contributed by atoms with E-state index < -0.39 is 22.5 Å². The van der Waals surface area contributed by atoms with Crippen molar-refractivity contribution < 1.29 is 19.2 Å². The lowest BCUT2D eigenvalue weighted by Gasteiger charge is -2.30. The predicted octanol–water partition coefficient (Wildman–Crippen LogP) is 1.44. The second-order valence-electron chi connectivity index (χ2n) is 5.40.